The van der Waals surface area contributed by atoms with Crippen molar-refractivity contribution >= 4 is 17.5 Å². The summed E-state index contributed by atoms with van der Waals surface area (Å²) in [5.41, 5.74) is 0. The van der Waals surface area contributed by atoms with Crippen LogP contribution in [0.4, 0.5) is 0 Å². The third kappa shape index (κ3) is 1.40. The van der Waals surface area contributed by atoms with Gasteiger partial charge in [-0.05, 0) is 0 Å². The summed E-state index contributed by atoms with van der Waals surface area (Å²) in [6, 6.07) is 0. The smallest absolute Gasteiger partial charge is 0.227 e. The Morgan fingerprint density at radius 1 is 1.10 bits per heavy atom. The lowest BCUT2D eigenvalue weighted by molar-refractivity contribution is -0.137. The van der Waals surface area contributed by atoms with Crippen LogP contribution in [0.2, 0.25) is 0 Å². The Kier molecular flexibility index (Phi) is 1.80. The molecular weight excluding hydrogens is 134 g/mol. The van der Waals surface area contributed by atoms with Gasteiger partial charge in [0.15, 0.2) is 0 Å². The lowest BCUT2D eigenvalue weighted by atomic mass is 10.2. The van der Waals surface area contributed by atoms with Crippen LogP contribution >= 0.6 is 0 Å². The molecule has 4 heteroatoms. The molecule has 0 aromatic carbocycles. The largest absolute Gasteiger partial charge is 0.355 e. The molecule has 54 valence electrons. The quantitative estimate of drug-likeness (QED) is 0.349. The summed E-state index contributed by atoms with van der Waals surface area (Å²) in [6.45, 7) is 0.295. The molecule has 1 saturated heterocycles. The standard InChI is InChI=1S/C6H7NO3/c8-4-1-2-7-6(10)3-5(4)9/h1-3H2,(H,7,10). The fourth-order valence-electron chi connectivity index (χ4n) is 0.762. The van der Waals surface area contributed by atoms with Gasteiger partial charge in [0, 0.05) is 13.0 Å². The molecule has 0 spiro atoms. The number of amides is 1. The van der Waals surface area contributed by atoms with Crippen LogP contribution in [0.15, 0.2) is 0 Å². The summed E-state index contributed by atoms with van der Waals surface area (Å²) in [5.74, 6) is -1.37. The van der Waals surface area contributed by atoms with E-state index >= 15 is 0 Å². The predicted molar refractivity (Wildman–Crippen MR) is 32.3 cm³/mol. The first-order valence-corrected chi connectivity index (χ1v) is 3.03. The molecule has 1 N–H and O–H groups in total. The van der Waals surface area contributed by atoms with Crippen molar-refractivity contribution in [3.63, 3.8) is 0 Å². The highest BCUT2D eigenvalue weighted by molar-refractivity contribution is 6.40. The van der Waals surface area contributed by atoms with Crippen molar-refractivity contribution in [2.24, 2.45) is 0 Å². The zero-order valence-electron chi connectivity index (χ0n) is 5.35. The second-order valence-corrected chi connectivity index (χ2v) is 2.12. The Labute approximate surface area is 57.6 Å². The molecule has 0 unspecified atom stereocenters. The Morgan fingerprint density at radius 2 is 1.80 bits per heavy atom. The molecule has 1 fully saturated rings. The van der Waals surface area contributed by atoms with E-state index < -0.39 is 11.6 Å². The van der Waals surface area contributed by atoms with E-state index in [0.29, 0.717) is 6.54 Å². The van der Waals surface area contributed by atoms with Gasteiger partial charge in [-0.1, -0.05) is 0 Å². The molecule has 1 aliphatic heterocycles. The summed E-state index contributed by atoms with van der Waals surface area (Å²) < 4.78 is 0. The molecule has 4 nitrogen and oxygen atoms in total. The molecule has 0 aromatic rings. The molecule has 1 heterocycles. The van der Waals surface area contributed by atoms with Crippen LogP contribution < -0.4 is 5.32 Å². The lowest BCUT2D eigenvalue weighted by Gasteiger charge is -1.92. The summed E-state index contributed by atoms with van der Waals surface area (Å²) in [6.07, 6.45) is -0.136. The summed E-state index contributed by atoms with van der Waals surface area (Å²) in [5, 5.41) is 2.42. The lowest BCUT2D eigenvalue weighted by Crippen LogP contribution is -2.22. The molecule has 1 amide bonds. The van der Waals surface area contributed by atoms with Crippen LogP contribution in [-0.2, 0) is 14.4 Å². The topological polar surface area (TPSA) is 63.2 Å². The van der Waals surface area contributed by atoms with Crippen LogP contribution in [0, 0.1) is 0 Å². The Balaban J connectivity index is 2.66. The Hall–Kier alpha value is -1.19. The van der Waals surface area contributed by atoms with Crippen LogP contribution in [-0.4, -0.2) is 24.0 Å². The number of carbonyl (C=O) groups excluding carboxylic acids is 3. The molecule has 0 atom stereocenters. The van der Waals surface area contributed by atoms with Crippen LogP contribution in [0.25, 0.3) is 0 Å². The predicted octanol–water partition coefficient (Wildman–Crippen LogP) is -0.965. The highest BCUT2D eigenvalue weighted by atomic mass is 16.2. The maximum Gasteiger partial charge on any atom is 0.227 e. The zero-order chi connectivity index (χ0) is 7.56. The van der Waals surface area contributed by atoms with Gasteiger partial charge in [-0.25, -0.2) is 0 Å². The van der Waals surface area contributed by atoms with Crippen molar-refractivity contribution in [1.82, 2.24) is 5.32 Å². The maximum atomic E-state index is 10.6. The number of rotatable bonds is 0. The number of carbonyl (C=O) groups is 3. The highest BCUT2D eigenvalue weighted by Gasteiger charge is 2.20. The molecule has 1 aliphatic rings. The number of hydrogen-bond donors (Lipinski definition) is 1. The number of hydrogen-bond acceptors (Lipinski definition) is 3. The van der Waals surface area contributed by atoms with Crippen molar-refractivity contribution < 1.29 is 14.4 Å². The minimum absolute atomic E-state index is 0.143. The van der Waals surface area contributed by atoms with Crippen LogP contribution in [0.1, 0.15) is 12.8 Å². The second-order valence-electron chi connectivity index (χ2n) is 2.12. The van der Waals surface area contributed by atoms with Gasteiger partial charge in [0.2, 0.25) is 17.5 Å². The van der Waals surface area contributed by atoms with E-state index in [-0.39, 0.29) is 18.7 Å². The maximum absolute atomic E-state index is 10.6. The summed E-state index contributed by atoms with van der Waals surface area (Å²) >= 11 is 0. The van der Waals surface area contributed by atoms with Gasteiger partial charge in [0.25, 0.3) is 0 Å². The number of ketones is 2. The Morgan fingerprint density at radius 3 is 2.50 bits per heavy atom. The SMILES string of the molecule is O=C1CC(=O)C(=O)CCN1. The average molecular weight is 141 g/mol. The Bertz CT molecular complexity index is 197. The molecule has 0 aromatic heterocycles. The summed E-state index contributed by atoms with van der Waals surface area (Å²) in [4.78, 5) is 31.8. The van der Waals surface area contributed by atoms with E-state index in [1.165, 1.54) is 0 Å². The van der Waals surface area contributed by atoms with Gasteiger partial charge < -0.3 is 5.32 Å². The number of nitrogens with one attached hydrogen (secondary N) is 1. The van der Waals surface area contributed by atoms with Crippen molar-refractivity contribution in [2.45, 2.75) is 12.8 Å². The normalized spacial score (nSPS) is 20.2. The van der Waals surface area contributed by atoms with E-state index in [9.17, 15) is 14.4 Å². The van der Waals surface area contributed by atoms with Gasteiger partial charge in [-0.3, -0.25) is 14.4 Å². The second kappa shape index (κ2) is 2.60. The molecule has 0 bridgehead atoms. The fraction of sp³-hybridized carbons (Fsp3) is 0.500. The van der Waals surface area contributed by atoms with E-state index in [4.69, 9.17) is 0 Å². The van der Waals surface area contributed by atoms with Gasteiger partial charge in [0.1, 0.15) is 0 Å². The van der Waals surface area contributed by atoms with Crippen molar-refractivity contribution in [3.05, 3.63) is 0 Å². The van der Waals surface area contributed by atoms with Crippen LogP contribution in [0.3, 0.4) is 0 Å². The molecule has 10 heavy (non-hydrogen) atoms. The van der Waals surface area contributed by atoms with E-state index in [2.05, 4.69) is 5.32 Å². The van der Waals surface area contributed by atoms with Crippen LogP contribution in [0.5, 0.6) is 0 Å². The molecule has 1 rings (SSSR count). The fourth-order valence-corrected chi connectivity index (χ4v) is 0.762. The minimum atomic E-state index is -0.574. The minimum Gasteiger partial charge on any atom is -0.355 e. The van der Waals surface area contributed by atoms with E-state index in [1.807, 2.05) is 0 Å². The zero-order valence-corrected chi connectivity index (χ0v) is 5.35. The first-order valence-electron chi connectivity index (χ1n) is 3.03. The van der Waals surface area contributed by atoms with Crippen molar-refractivity contribution in [2.75, 3.05) is 6.54 Å². The van der Waals surface area contributed by atoms with Gasteiger partial charge in [-0.2, -0.15) is 0 Å². The molecular formula is C6H7NO3. The van der Waals surface area contributed by atoms with E-state index in [1.54, 1.807) is 0 Å². The van der Waals surface area contributed by atoms with Gasteiger partial charge >= 0.3 is 0 Å². The van der Waals surface area contributed by atoms with Gasteiger partial charge in [0.05, 0.1) is 6.42 Å². The average Bonchev–Trinajstić information content (AvgIpc) is 1.96. The van der Waals surface area contributed by atoms with Crippen molar-refractivity contribution in [3.8, 4) is 0 Å². The third-order valence-electron chi connectivity index (χ3n) is 1.31. The first kappa shape index (κ1) is 6.92. The third-order valence-corrected chi connectivity index (χ3v) is 1.31. The summed E-state index contributed by atoms with van der Waals surface area (Å²) in [7, 11) is 0. The molecule has 0 saturated carbocycles. The van der Waals surface area contributed by atoms with Gasteiger partial charge in [-0.15, -0.1) is 0 Å². The number of Topliss-reactive ketones (excluding diaryl/α,β-unsaturated/α-hetero) is 2. The van der Waals surface area contributed by atoms with E-state index in [0.717, 1.165) is 0 Å². The first-order chi connectivity index (χ1) is 4.70. The monoisotopic (exact) mass is 141 g/mol. The highest BCUT2D eigenvalue weighted by Crippen LogP contribution is 1.94. The molecule has 0 radical (unpaired) electrons. The molecule has 0 aliphatic carbocycles. The van der Waals surface area contributed by atoms with Crippen molar-refractivity contribution in [1.29, 1.82) is 0 Å².